The van der Waals surface area contributed by atoms with E-state index >= 15 is 0 Å². The molecule has 3 N–H and O–H groups in total. The molecule has 0 aromatic heterocycles. The molecule has 0 fully saturated rings. The molecule has 1 unspecified atom stereocenters. The molecule has 136 valence electrons. The second-order valence-electron chi connectivity index (χ2n) is 5.96. The average molecular weight is 362 g/mol. The van der Waals surface area contributed by atoms with Gasteiger partial charge in [0, 0.05) is 5.70 Å². The highest BCUT2D eigenvalue weighted by molar-refractivity contribution is 6.07. The van der Waals surface area contributed by atoms with Crippen LogP contribution >= 0.6 is 0 Å². The number of nitrogens with one attached hydrogen (secondary N) is 3. The zero-order chi connectivity index (χ0) is 19.4. The van der Waals surface area contributed by atoms with Gasteiger partial charge in [0.1, 0.15) is 5.75 Å². The quantitative estimate of drug-likeness (QED) is 0.778. The predicted molar refractivity (Wildman–Crippen MR) is 99.9 cm³/mol. The normalized spacial score (nSPS) is 16.0. The number of nitrogens with zero attached hydrogens (tertiary/aromatic N) is 1. The zero-order valence-electron chi connectivity index (χ0n) is 14.9. The minimum atomic E-state index is -0.638. The highest BCUT2D eigenvalue weighted by atomic mass is 16.5. The fourth-order valence-corrected chi connectivity index (χ4v) is 2.93. The van der Waals surface area contributed by atoms with Gasteiger partial charge in [0.2, 0.25) is 0 Å². The van der Waals surface area contributed by atoms with Crippen LogP contribution in [-0.4, -0.2) is 19.0 Å². The van der Waals surface area contributed by atoms with Gasteiger partial charge in [-0.25, -0.2) is 4.79 Å². The number of urea groups is 1. The molecule has 1 heterocycles. The summed E-state index contributed by atoms with van der Waals surface area (Å²) in [6.07, 6.45) is 0. The van der Waals surface area contributed by atoms with Gasteiger partial charge in [0.25, 0.3) is 5.91 Å². The molecule has 7 nitrogen and oxygen atoms in total. The van der Waals surface area contributed by atoms with Gasteiger partial charge in [-0.3, -0.25) is 4.79 Å². The molecule has 0 aliphatic carbocycles. The SMILES string of the molecule is COc1ccccc1NC(=O)C1=C(C)NC(=O)NC1c1ccc(C#N)cc1. The number of amides is 3. The first kappa shape index (κ1) is 18.0. The third-order valence-corrected chi connectivity index (χ3v) is 4.24. The Balaban J connectivity index is 1.95. The van der Waals surface area contributed by atoms with Crippen molar-refractivity contribution in [1.29, 1.82) is 5.26 Å². The van der Waals surface area contributed by atoms with Crippen LogP contribution in [0, 0.1) is 11.3 Å². The molecular formula is C20H18N4O3. The molecule has 1 aliphatic heterocycles. The first-order chi connectivity index (χ1) is 13.0. The molecule has 2 aromatic rings. The molecular weight excluding hydrogens is 344 g/mol. The number of hydrogen-bond donors (Lipinski definition) is 3. The second-order valence-corrected chi connectivity index (χ2v) is 5.96. The minimum Gasteiger partial charge on any atom is -0.495 e. The molecule has 0 saturated carbocycles. The maximum absolute atomic E-state index is 13.0. The Morgan fingerprint density at radius 3 is 2.56 bits per heavy atom. The van der Waals surface area contributed by atoms with Gasteiger partial charge in [0.05, 0.1) is 36.0 Å². The lowest BCUT2D eigenvalue weighted by atomic mass is 9.94. The van der Waals surface area contributed by atoms with E-state index in [1.807, 2.05) is 6.07 Å². The van der Waals surface area contributed by atoms with Gasteiger partial charge >= 0.3 is 6.03 Å². The van der Waals surface area contributed by atoms with Crippen LogP contribution in [-0.2, 0) is 4.79 Å². The lowest BCUT2D eigenvalue weighted by Gasteiger charge is -2.28. The van der Waals surface area contributed by atoms with Crippen molar-refractivity contribution >= 4 is 17.6 Å². The molecule has 1 atom stereocenters. The number of anilines is 1. The summed E-state index contributed by atoms with van der Waals surface area (Å²) in [6, 6.07) is 14.8. The number of carbonyl (C=O) groups excluding carboxylic acids is 2. The van der Waals surface area contributed by atoms with Crippen molar-refractivity contribution in [2.24, 2.45) is 0 Å². The molecule has 0 spiro atoms. The van der Waals surface area contributed by atoms with Gasteiger partial charge in [-0.2, -0.15) is 5.26 Å². The van der Waals surface area contributed by atoms with E-state index in [0.717, 1.165) is 0 Å². The topological polar surface area (TPSA) is 103 Å². The first-order valence-corrected chi connectivity index (χ1v) is 8.26. The maximum Gasteiger partial charge on any atom is 0.319 e. The van der Waals surface area contributed by atoms with Gasteiger partial charge in [-0.1, -0.05) is 24.3 Å². The first-order valence-electron chi connectivity index (χ1n) is 8.26. The molecule has 3 amide bonds. The van der Waals surface area contributed by atoms with Crippen LogP contribution < -0.4 is 20.7 Å². The lowest BCUT2D eigenvalue weighted by Crippen LogP contribution is -2.46. The fourth-order valence-electron chi connectivity index (χ4n) is 2.93. The fraction of sp³-hybridized carbons (Fsp3) is 0.150. The van der Waals surface area contributed by atoms with E-state index in [9.17, 15) is 9.59 Å². The molecule has 2 aromatic carbocycles. The number of rotatable bonds is 4. The second kappa shape index (κ2) is 7.62. The van der Waals surface area contributed by atoms with Crippen LogP contribution in [0.4, 0.5) is 10.5 Å². The molecule has 3 rings (SSSR count). The van der Waals surface area contributed by atoms with Gasteiger partial charge in [-0.05, 0) is 36.8 Å². The third kappa shape index (κ3) is 3.75. The van der Waals surface area contributed by atoms with Crippen LogP contribution in [0.3, 0.4) is 0 Å². The van der Waals surface area contributed by atoms with Crippen LogP contribution in [0.25, 0.3) is 0 Å². The third-order valence-electron chi connectivity index (χ3n) is 4.24. The monoisotopic (exact) mass is 362 g/mol. The Bertz CT molecular complexity index is 958. The van der Waals surface area contributed by atoms with Crippen molar-refractivity contribution < 1.29 is 14.3 Å². The van der Waals surface area contributed by atoms with Crippen molar-refractivity contribution in [3.05, 3.63) is 70.9 Å². The van der Waals surface area contributed by atoms with E-state index in [1.165, 1.54) is 7.11 Å². The summed E-state index contributed by atoms with van der Waals surface area (Å²) in [5.74, 6) is 0.172. The van der Waals surface area contributed by atoms with Crippen molar-refractivity contribution in [3.63, 3.8) is 0 Å². The number of allylic oxidation sites excluding steroid dienone is 1. The van der Waals surface area contributed by atoms with Crippen LogP contribution in [0.2, 0.25) is 0 Å². The van der Waals surface area contributed by atoms with Crippen LogP contribution in [0.1, 0.15) is 24.1 Å². The van der Waals surface area contributed by atoms with Gasteiger partial charge < -0.3 is 20.7 Å². The van der Waals surface area contributed by atoms with Crippen LogP contribution in [0.5, 0.6) is 5.75 Å². The Kier molecular flexibility index (Phi) is 5.08. The largest absolute Gasteiger partial charge is 0.495 e. The van der Waals surface area contributed by atoms with Crippen molar-refractivity contribution in [1.82, 2.24) is 10.6 Å². The summed E-state index contributed by atoms with van der Waals surface area (Å²) in [7, 11) is 1.53. The Labute approximate surface area is 156 Å². The number of para-hydroxylation sites is 2. The molecule has 7 heteroatoms. The van der Waals surface area contributed by atoms with Gasteiger partial charge in [0.15, 0.2) is 0 Å². The summed E-state index contributed by atoms with van der Waals surface area (Å²) in [5, 5.41) is 17.2. The van der Waals surface area contributed by atoms with E-state index in [-0.39, 0.29) is 5.91 Å². The number of carbonyl (C=O) groups is 2. The van der Waals surface area contributed by atoms with Crippen molar-refractivity contribution in [2.75, 3.05) is 12.4 Å². The van der Waals surface area contributed by atoms with E-state index in [1.54, 1.807) is 55.5 Å². The molecule has 1 aliphatic rings. The summed E-state index contributed by atoms with van der Waals surface area (Å²) in [6.45, 7) is 1.67. The summed E-state index contributed by atoms with van der Waals surface area (Å²) < 4.78 is 5.27. The minimum absolute atomic E-state index is 0.362. The molecule has 0 bridgehead atoms. The van der Waals surface area contributed by atoms with Crippen LogP contribution in [0.15, 0.2) is 59.8 Å². The Hall–Kier alpha value is -3.79. The highest BCUT2D eigenvalue weighted by Crippen LogP contribution is 2.30. The van der Waals surface area contributed by atoms with Gasteiger partial charge in [-0.15, -0.1) is 0 Å². The standard InChI is InChI=1S/C20H18N4O3/c1-12-17(19(25)23-15-5-3-4-6-16(15)27-2)18(24-20(26)22-12)14-9-7-13(11-21)8-10-14/h3-10,18H,1-2H3,(H,23,25)(H2,22,24,26). The molecule has 0 radical (unpaired) electrons. The van der Waals surface area contributed by atoms with E-state index in [4.69, 9.17) is 10.00 Å². The number of methoxy groups -OCH3 is 1. The highest BCUT2D eigenvalue weighted by Gasteiger charge is 2.31. The van der Waals surface area contributed by atoms with Crippen molar-refractivity contribution in [3.8, 4) is 11.8 Å². The van der Waals surface area contributed by atoms with Crippen molar-refractivity contribution in [2.45, 2.75) is 13.0 Å². The van der Waals surface area contributed by atoms with E-state index < -0.39 is 12.1 Å². The number of ether oxygens (including phenoxy) is 1. The zero-order valence-corrected chi connectivity index (χ0v) is 14.9. The average Bonchev–Trinajstić information content (AvgIpc) is 2.67. The summed E-state index contributed by atoms with van der Waals surface area (Å²) in [5.41, 5.74) is 2.57. The summed E-state index contributed by atoms with van der Waals surface area (Å²) in [4.78, 5) is 24.9. The van der Waals surface area contributed by atoms with E-state index in [0.29, 0.717) is 33.8 Å². The lowest BCUT2D eigenvalue weighted by molar-refractivity contribution is -0.113. The summed E-state index contributed by atoms with van der Waals surface area (Å²) >= 11 is 0. The number of nitriles is 1. The number of benzene rings is 2. The Morgan fingerprint density at radius 1 is 1.19 bits per heavy atom. The molecule has 27 heavy (non-hydrogen) atoms. The maximum atomic E-state index is 13.0. The predicted octanol–water partition coefficient (Wildman–Crippen LogP) is 2.83. The Morgan fingerprint density at radius 2 is 1.89 bits per heavy atom. The molecule has 0 saturated heterocycles. The van der Waals surface area contributed by atoms with E-state index in [2.05, 4.69) is 16.0 Å². The smallest absolute Gasteiger partial charge is 0.319 e. The number of hydrogen-bond acceptors (Lipinski definition) is 4.